The molecular formula is C20H19N3O2S. The van der Waals surface area contributed by atoms with Crippen LogP contribution in [0.3, 0.4) is 0 Å². The predicted molar refractivity (Wildman–Crippen MR) is 106 cm³/mol. The van der Waals surface area contributed by atoms with Crippen LogP contribution in [0.5, 0.6) is 0 Å². The van der Waals surface area contributed by atoms with E-state index < -0.39 is 0 Å². The number of hydrogen-bond acceptors (Lipinski definition) is 4. The quantitative estimate of drug-likeness (QED) is 0.747. The number of amides is 2. The first-order valence-corrected chi connectivity index (χ1v) is 8.96. The number of carbonyl (C=O) groups excluding carboxylic acids is 2. The monoisotopic (exact) mass is 365 g/mol. The molecule has 0 aliphatic carbocycles. The summed E-state index contributed by atoms with van der Waals surface area (Å²) in [7, 11) is 1.75. The van der Waals surface area contributed by atoms with Gasteiger partial charge in [-0.3, -0.25) is 9.59 Å². The maximum Gasteiger partial charge on any atom is 0.277 e. The highest BCUT2D eigenvalue weighted by molar-refractivity contribution is 7.15. The lowest BCUT2D eigenvalue weighted by atomic mass is 10.2. The second-order valence-corrected chi connectivity index (χ2v) is 7.09. The van der Waals surface area contributed by atoms with Crippen LogP contribution in [0.4, 0.5) is 11.4 Å². The minimum absolute atomic E-state index is 0.111. The number of nitrogens with one attached hydrogen (secondary N) is 1. The standard InChI is InChI=1S/C20H19N3O2S/c1-13-18(20(25)23(3)17-7-5-4-6-8-17)22-19(26-13)15-9-11-16(12-10-15)21-14(2)24/h4-12H,1-3H3,(H,21,24). The van der Waals surface area contributed by atoms with Gasteiger partial charge in [0.1, 0.15) is 10.7 Å². The molecule has 0 bridgehead atoms. The Morgan fingerprint density at radius 2 is 1.69 bits per heavy atom. The SMILES string of the molecule is CC(=O)Nc1ccc(-c2nc(C(=O)N(C)c3ccccc3)c(C)s2)cc1. The van der Waals surface area contributed by atoms with Crippen molar-refractivity contribution in [2.75, 3.05) is 17.3 Å². The zero-order valence-corrected chi connectivity index (χ0v) is 15.6. The number of thiazole rings is 1. The minimum atomic E-state index is -0.133. The van der Waals surface area contributed by atoms with Crippen LogP contribution >= 0.6 is 11.3 Å². The maximum atomic E-state index is 12.8. The highest BCUT2D eigenvalue weighted by atomic mass is 32.1. The van der Waals surface area contributed by atoms with Gasteiger partial charge in [-0.25, -0.2) is 4.98 Å². The van der Waals surface area contributed by atoms with Crippen molar-refractivity contribution in [3.05, 3.63) is 65.2 Å². The lowest BCUT2D eigenvalue weighted by Gasteiger charge is -2.16. The summed E-state index contributed by atoms with van der Waals surface area (Å²) in [6.07, 6.45) is 0. The number of hydrogen-bond donors (Lipinski definition) is 1. The van der Waals surface area contributed by atoms with Gasteiger partial charge in [-0.2, -0.15) is 0 Å². The lowest BCUT2D eigenvalue weighted by Crippen LogP contribution is -2.27. The fourth-order valence-corrected chi connectivity index (χ4v) is 3.46. The van der Waals surface area contributed by atoms with Gasteiger partial charge in [0.15, 0.2) is 0 Å². The van der Waals surface area contributed by atoms with Crippen molar-refractivity contribution < 1.29 is 9.59 Å². The Morgan fingerprint density at radius 1 is 1.04 bits per heavy atom. The molecule has 1 N–H and O–H groups in total. The molecule has 0 saturated carbocycles. The van der Waals surface area contributed by atoms with Crippen LogP contribution in [0.1, 0.15) is 22.3 Å². The van der Waals surface area contributed by atoms with Crippen molar-refractivity contribution in [1.29, 1.82) is 0 Å². The molecular weight excluding hydrogens is 346 g/mol. The van der Waals surface area contributed by atoms with Gasteiger partial charge in [0.05, 0.1) is 0 Å². The number of para-hydroxylation sites is 1. The number of rotatable bonds is 4. The molecule has 132 valence electrons. The molecule has 0 radical (unpaired) electrons. The van der Waals surface area contributed by atoms with Gasteiger partial charge in [-0.1, -0.05) is 18.2 Å². The van der Waals surface area contributed by atoms with Crippen molar-refractivity contribution in [1.82, 2.24) is 4.98 Å². The maximum absolute atomic E-state index is 12.8. The van der Waals surface area contributed by atoms with Gasteiger partial charge < -0.3 is 10.2 Å². The summed E-state index contributed by atoms with van der Waals surface area (Å²) in [6.45, 7) is 3.37. The van der Waals surface area contributed by atoms with Gasteiger partial charge in [-0.05, 0) is 43.3 Å². The summed E-state index contributed by atoms with van der Waals surface area (Å²) in [5.41, 5.74) is 2.93. The normalized spacial score (nSPS) is 10.4. The Hall–Kier alpha value is -2.99. The largest absolute Gasteiger partial charge is 0.326 e. The highest BCUT2D eigenvalue weighted by Crippen LogP contribution is 2.29. The molecule has 0 aliphatic heterocycles. The summed E-state index contributed by atoms with van der Waals surface area (Å²) >= 11 is 1.48. The third-order valence-electron chi connectivity index (χ3n) is 3.90. The molecule has 6 heteroatoms. The average Bonchev–Trinajstić information content (AvgIpc) is 3.03. The molecule has 3 aromatic rings. The molecule has 0 spiro atoms. The first-order chi connectivity index (χ1) is 12.5. The Bertz CT molecular complexity index is 933. The van der Waals surface area contributed by atoms with Crippen LogP contribution in [-0.4, -0.2) is 23.8 Å². The van der Waals surface area contributed by atoms with E-state index in [0.29, 0.717) is 5.69 Å². The van der Waals surface area contributed by atoms with E-state index in [4.69, 9.17) is 0 Å². The molecule has 3 rings (SSSR count). The molecule has 0 saturated heterocycles. The fourth-order valence-electron chi connectivity index (χ4n) is 2.55. The molecule has 0 fully saturated rings. The van der Waals surface area contributed by atoms with Crippen molar-refractivity contribution >= 4 is 34.5 Å². The molecule has 2 aromatic carbocycles. The first kappa shape index (κ1) is 17.8. The first-order valence-electron chi connectivity index (χ1n) is 8.14. The van der Waals surface area contributed by atoms with E-state index in [1.807, 2.05) is 61.5 Å². The average molecular weight is 365 g/mol. The summed E-state index contributed by atoms with van der Waals surface area (Å²) in [4.78, 5) is 31.0. The molecule has 1 aromatic heterocycles. The summed E-state index contributed by atoms with van der Waals surface area (Å²) < 4.78 is 0. The Labute approximate surface area is 156 Å². The van der Waals surface area contributed by atoms with Gasteiger partial charge >= 0.3 is 0 Å². The van der Waals surface area contributed by atoms with E-state index in [1.54, 1.807) is 11.9 Å². The number of aromatic nitrogens is 1. The molecule has 26 heavy (non-hydrogen) atoms. The number of aryl methyl sites for hydroxylation is 1. The van der Waals surface area contributed by atoms with Gasteiger partial charge in [0, 0.05) is 35.8 Å². The van der Waals surface area contributed by atoms with Crippen LogP contribution in [0.25, 0.3) is 10.6 Å². The minimum Gasteiger partial charge on any atom is -0.326 e. The van der Waals surface area contributed by atoms with Gasteiger partial charge in [-0.15, -0.1) is 11.3 Å². The summed E-state index contributed by atoms with van der Waals surface area (Å²) in [5, 5.41) is 3.51. The highest BCUT2D eigenvalue weighted by Gasteiger charge is 2.20. The van der Waals surface area contributed by atoms with Crippen LogP contribution in [-0.2, 0) is 4.79 Å². The van der Waals surface area contributed by atoms with Crippen LogP contribution in [0.2, 0.25) is 0 Å². The van der Waals surface area contributed by atoms with Crippen LogP contribution in [0.15, 0.2) is 54.6 Å². The van der Waals surface area contributed by atoms with Gasteiger partial charge in [0.25, 0.3) is 5.91 Å². The number of nitrogens with zero attached hydrogens (tertiary/aromatic N) is 2. The second-order valence-electron chi connectivity index (χ2n) is 5.88. The van der Waals surface area contributed by atoms with Crippen LogP contribution < -0.4 is 10.2 Å². The lowest BCUT2D eigenvalue weighted by molar-refractivity contribution is -0.114. The third kappa shape index (κ3) is 3.81. The van der Waals surface area contributed by atoms with Crippen LogP contribution in [0, 0.1) is 6.92 Å². The predicted octanol–water partition coefficient (Wildman–Crippen LogP) is 4.35. The molecule has 5 nitrogen and oxygen atoms in total. The Kier molecular flexibility index (Phi) is 5.14. The smallest absolute Gasteiger partial charge is 0.277 e. The molecule has 0 atom stereocenters. The summed E-state index contributed by atoms with van der Waals surface area (Å²) in [5.74, 6) is -0.245. The number of carbonyl (C=O) groups is 2. The number of benzene rings is 2. The zero-order valence-electron chi connectivity index (χ0n) is 14.8. The summed E-state index contributed by atoms with van der Waals surface area (Å²) in [6, 6.07) is 16.9. The second kappa shape index (κ2) is 7.49. The topological polar surface area (TPSA) is 62.3 Å². The zero-order chi connectivity index (χ0) is 18.7. The van der Waals surface area contributed by atoms with Crippen molar-refractivity contribution in [2.24, 2.45) is 0 Å². The molecule has 1 heterocycles. The van der Waals surface area contributed by atoms with E-state index in [-0.39, 0.29) is 11.8 Å². The van der Waals surface area contributed by atoms with E-state index in [2.05, 4.69) is 10.3 Å². The van der Waals surface area contributed by atoms with Crippen molar-refractivity contribution in [3.63, 3.8) is 0 Å². The van der Waals surface area contributed by atoms with E-state index >= 15 is 0 Å². The Morgan fingerprint density at radius 3 is 2.31 bits per heavy atom. The number of anilines is 2. The van der Waals surface area contributed by atoms with E-state index in [9.17, 15) is 9.59 Å². The van der Waals surface area contributed by atoms with E-state index in [0.717, 1.165) is 26.8 Å². The van der Waals surface area contributed by atoms with Crippen molar-refractivity contribution in [3.8, 4) is 10.6 Å². The molecule has 0 unspecified atom stereocenters. The molecule has 0 aliphatic rings. The fraction of sp³-hybridized carbons (Fsp3) is 0.150. The van der Waals surface area contributed by atoms with Gasteiger partial charge in [0.2, 0.25) is 5.91 Å². The third-order valence-corrected chi connectivity index (χ3v) is 4.92. The Balaban J connectivity index is 1.85. The van der Waals surface area contributed by atoms with Crippen molar-refractivity contribution in [2.45, 2.75) is 13.8 Å². The van der Waals surface area contributed by atoms with E-state index in [1.165, 1.54) is 18.3 Å². The molecule has 2 amide bonds.